The fourth-order valence-electron chi connectivity index (χ4n) is 1.38. The number of hydrogen-bond acceptors (Lipinski definition) is 4. The normalized spacial score (nSPS) is 14.6. The van der Waals surface area contributed by atoms with Crippen molar-refractivity contribution in [2.45, 2.75) is 25.3 Å². The second-order valence-corrected chi connectivity index (χ2v) is 4.05. The minimum atomic E-state index is -2.82. The van der Waals surface area contributed by atoms with Crippen LogP contribution in [-0.4, -0.2) is 22.0 Å². The van der Waals surface area contributed by atoms with Crippen molar-refractivity contribution in [1.82, 2.24) is 0 Å². The number of benzene rings is 1. The maximum atomic E-state index is 12.6. The highest BCUT2D eigenvalue weighted by Gasteiger charge is 2.33. The summed E-state index contributed by atoms with van der Waals surface area (Å²) in [4.78, 5) is 9.99. The van der Waals surface area contributed by atoms with Gasteiger partial charge in [0.1, 0.15) is 5.75 Å². The van der Waals surface area contributed by atoms with Gasteiger partial charge in [0.25, 0.3) is 12.1 Å². The van der Waals surface area contributed by atoms with Gasteiger partial charge in [0.2, 0.25) is 0 Å². The number of nitro groups is 1. The Labute approximate surface area is 96.0 Å². The van der Waals surface area contributed by atoms with Crippen molar-refractivity contribution in [1.29, 1.82) is 0 Å². The fourth-order valence-corrected chi connectivity index (χ4v) is 1.38. The van der Waals surface area contributed by atoms with Crippen molar-refractivity contribution in [3.8, 4) is 5.75 Å². The van der Waals surface area contributed by atoms with Gasteiger partial charge < -0.3 is 10.8 Å². The van der Waals surface area contributed by atoms with Crippen LogP contribution in [0, 0.1) is 10.1 Å². The Hall–Kier alpha value is -1.76. The molecule has 1 aromatic rings. The van der Waals surface area contributed by atoms with E-state index in [-0.39, 0.29) is 17.0 Å². The van der Waals surface area contributed by atoms with E-state index in [9.17, 15) is 24.0 Å². The molecule has 0 aliphatic rings. The average Bonchev–Trinajstić information content (AvgIpc) is 2.15. The molecule has 1 aromatic carbocycles. The van der Waals surface area contributed by atoms with E-state index in [1.165, 1.54) is 0 Å². The van der Waals surface area contributed by atoms with Crippen LogP contribution < -0.4 is 5.73 Å². The van der Waals surface area contributed by atoms with Gasteiger partial charge in [-0.3, -0.25) is 10.1 Å². The molecule has 0 bridgehead atoms. The SMILES string of the molecule is CC(N)(Cc1cc(O)ccc1[N+](=O)[O-])C(F)F. The topological polar surface area (TPSA) is 89.4 Å². The molecule has 0 amide bonds. The molecule has 7 heteroatoms. The molecule has 1 unspecified atom stereocenters. The first-order valence-electron chi connectivity index (χ1n) is 4.77. The molecule has 0 aliphatic carbocycles. The highest BCUT2D eigenvalue weighted by molar-refractivity contribution is 5.45. The van der Waals surface area contributed by atoms with E-state index in [0.29, 0.717) is 0 Å². The zero-order chi connectivity index (χ0) is 13.2. The third-order valence-corrected chi connectivity index (χ3v) is 2.33. The summed E-state index contributed by atoms with van der Waals surface area (Å²) < 4.78 is 25.1. The van der Waals surface area contributed by atoms with Crippen LogP contribution in [0.25, 0.3) is 0 Å². The van der Waals surface area contributed by atoms with Crippen molar-refractivity contribution in [2.24, 2.45) is 5.73 Å². The largest absolute Gasteiger partial charge is 0.508 e. The van der Waals surface area contributed by atoms with Gasteiger partial charge in [0.15, 0.2) is 0 Å². The molecule has 1 atom stereocenters. The van der Waals surface area contributed by atoms with Crippen molar-refractivity contribution in [3.05, 3.63) is 33.9 Å². The molecule has 0 heterocycles. The predicted octanol–water partition coefficient (Wildman–Crippen LogP) is 1.83. The van der Waals surface area contributed by atoms with Crippen molar-refractivity contribution < 1.29 is 18.8 Å². The molecular weight excluding hydrogens is 234 g/mol. The zero-order valence-electron chi connectivity index (χ0n) is 9.06. The maximum Gasteiger partial charge on any atom is 0.272 e. The highest BCUT2D eigenvalue weighted by Crippen LogP contribution is 2.28. The van der Waals surface area contributed by atoms with Crippen molar-refractivity contribution in [2.75, 3.05) is 0 Å². The number of hydrogen-bond donors (Lipinski definition) is 2. The Bertz CT molecular complexity index is 436. The van der Waals surface area contributed by atoms with E-state index in [1.54, 1.807) is 0 Å². The lowest BCUT2D eigenvalue weighted by atomic mass is 9.93. The number of aromatic hydroxyl groups is 1. The number of nitrogens with zero attached hydrogens (tertiary/aromatic N) is 1. The van der Waals surface area contributed by atoms with E-state index in [1.807, 2.05) is 0 Å². The molecule has 17 heavy (non-hydrogen) atoms. The van der Waals surface area contributed by atoms with Gasteiger partial charge in [0.05, 0.1) is 10.5 Å². The monoisotopic (exact) mass is 246 g/mol. The summed E-state index contributed by atoms with van der Waals surface area (Å²) in [7, 11) is 0. The van der Waals surface area contributed by atoms with Crippen molar-refractivity contribution in [3.63, 3.8) is 0 Å². The maximum absolute atomic E-state index is 12.6. The van der Waals surface area contributed by atoms with Crippen molar-refractivity contribution >= 4 is 5.69 Å². The molecule has 0 radical (unpaired) electrons. The van der Waals surface area contributed by atoms with E-state index in [4.69, 9.17) is 5.73 Å². The minimum absolute atomic E-state index is 0.0136. The van der Waals surface area contributed by atoms with Gasteiger partial charge in [0, 0.05) is 18.1 Å². The van der Waals surface area contributed by atoms with Crippen LogP contribution in [0.2, 0.25) is 0 Å². The van der Waals surface area contributed by atoms with Gasteiger partial charge in [-0.25, -0.2) is 8.78 Å². The first-order valence-corrected chi connectivity index (χ1v) is 4.77. The number of nitro benzene ring substituents is 1. The molecule has 0 spiro atoms. The third kappa shape index (κ3) is 3.10. The third-order valence-electron chi connectivity index (χ3n) is 2.33. The first-order chi connectivity index (χ1) is 7.74. The Kier molecular flexibility index (Phi) is 3.62. The lowest BCUT2D eigenvalue weighted by Gasteiger charge is -2.23. The molecule has 0 aromatic heterocycles. The van der Waals surface area contributed by atoms with Crippen LogP contribution >= 0.6 is 0 Å². The number of rotatable bonds is 4. The molecule has 5 nitrogen and oxygen atoms in total. The Balaban J connectivity index is 3.13. The van der Waals surface area contributed by atoms with Crippen LogP contribution in [0.3, 0.4) is 0 Å². The van der Waals surface area contributed by atoms with E-state index >= 15 is 0 Å². The summed E-state index contributed by atoms with van der Waals surface area (Å²) in [5.74, 6) is -0.226. The average molecular weight is 246 g/mol. The van der Waals surface area contributed by atoms with Crippen LogP contribution in [-0.2, 0) is 6.42 Å². The summed E-state index contributed by atoms with van der Waals surface area (Å²) in [6.45, 7) is 1.10. The summed E-state index contributed by atoms with van der Waals surface area (Å²) in [5, 5.41) is 19.9. The van der Waals surface area contributed by atoms with Gasteiger partial charge >= 0.3 is 0 Å². The van der Waals surface area contributed by atoms with Gasteiger partial charge in [-0.1, -0.05) is 0 Å². The van der Waals surface area contributed by atoms with Crippen LogP contribution in [0.5, 0.6) is 5.75 Å². The molecular formula is C10H12F2N2O3. The Morgan fingerprint density at radius 3 is 2.65 bits per heavy atom. The lowest BCUT2D eigenvalue weighted by Crippen LogP contribution is -2.45. The summed E-state index contributed by atoms with van der Waals surface area (Å²) in [6.07, 6.45) is -3.21. The van der Waals surface area contributed by atoms with E-state index in [2.05, 4.69) is 0 Å². The van der Waals surface area contributed by atoms with Gasteiger partial charge in [-0.15, -0.1) is 0 Å². The second kappa shape index (κ2) is 4.62. The van der Waals surface area contributed by atoms with E-state index in [0.717, 1.165) is 25.1 Å². The van der Waals surface area contributed by atoms with Crippen LogP contribution in [0.4, 0.5) is 14.5 Å². The Morgan fingerprint density at radius 2 is 2.18 bits per heavy atom. The molecule has 0 aliphatic heterocycles. The molecule has 1 rings (SSSR count). The lowest BCUT2D eigenvalue weighted by molar-refractivity contribution is -0.385. The predicted molar refractivity (Wildman–Crippen MR) is 57.1 cm³/mol. The molecule has 3 N–H and O–H groups in total. The van der Waals surface area contributed by atoms with Crippen LogP contribution in [0.1, 0.15) is 12.5 Å². The van der Waals surface area contributed by atoms with Gasteiger partial charge in [-0.2, -0.15) is 0 Å². The van der Waals surface area contributed by atoms with Gasteiger partial charge in [-0.05, 0) is 19.1 Å². The molecule has 0 saturated carbocycles. The zero-order valence-corrected chi connectivity index (χ0v) is 9.06. The quantitative estimate of drug-likeness (QED) is 0.626. The number of nitrogens with two attached hydrogens (primary N) is 1. The molecule has 94 valence electrons. The summed E-state index contributed by atoms with van der Waals surface area (Å²) in [6, 6.07) is 3.26. The number of halogens is 2. The fraction of sp³-hybridized carbons (Fsp3) is 0.400. The standard InChI is InChI=1S/C10H12F2N2O3/c1-10(13,9(11)12)5-6-4-7(15)2-3-8(6)14(16)17/h2-4,9,15H,5,13H2,1H3. The van der Waals surface area contributed by atoms with E-state index < -0.39 is 23.3 Å². The Morgan fingerprint density at radius 1 is 1.59 bits per heavy atom. The molecule has 0 fully saturated rings. The summed E-state index contributed by atoms with van der Waals surface area (Å²) in [5.41, 5.74) is 3.13. The first kappa shape index (κ1) is 13.3. The number of alkyl halides is 2. The summed E-state index contributed by atoms with van der Waals surface area (Å²) >= 11 is 0. The highest BCUT2D eigenvalue weighted by atomic mass is 19.3. The number of phenols is 1. The molecule has 0 saturated heterocycles. The van der Waals surface area contributed by atoms with Crippen LogP contribution in [0.15, 0.2) is 18.2 Å². The number of phenolic OH excluding ortho intramolecular Hbond substituents is 1. The minimum Gasteiger partial charge on any atom is -0.508 e. The smallest absolute Gasteiger partial charge is 0.272 e. The second-order valence-electron chi connectivity index (χ2n) is 4.05.